The van der Waals surface area contributed by atoms with Gasteiger partial charge in [-0.3, -0.25) is 4.90 Å². The minimum absolute atomic E-state index is 0.194. The lowest BCUT2D eigenvalue weighted by atomic mass is 9.94. The Morgan fingerprint density at radius 1 is 1.10 bits per heavy atom. The fourth-order valence-corrected chi connectivity index (χ4v) is 3.86. The van der Waals surface area contributed by atoms with Crippen molar-refractivity contribution in [2.45, 2.75) is 51.2 Å². The molecule has 0 unspecified atom stereocenters. The molecule has 0 bridgehead atoms. The largest absolute Gasteiger partial charge is 0.363 e. The molecule has 2 amide bonds. The summed E-state index contributed by atoms with van der Waals surface area (Å²) in [6, 6.07) is 12.4. The van der Waals surface area contributed by atoms with Gasteiger partial charge in [0.1, 0.15) is 5.82 Å². The van der Waals surface area contributed by atoms with E-state index in [1.807, 2.05) is 49.3 Å². The van der Waals surface area contributed by atoms with Crippen LogP contribution in [0.1, 0.15) is 43.2 Å². The van der Waals surface area contributed by atoms with Crippen molar-refractivity contribution >= 4 is 17.5 Å². The number of benzene rings is 1. The molecule has 1 heterocycles. The van der Waals surface area contributed by atoms with Gasteiger partial charge in [-0.2, -0.15) is 0 Å². The van der Waals surface area contributed by atoms with Gasteiger partial charge in [0, 0.05) is 45.1 Å². The van der Waals surface area contributed by atoms with Gasteiger partial charge in [0.25, 0.3) is 0 Å². The number of carbonyl (C=O) groups excluding carboxylic acids is 1. The van der Waals surface area contributed by atoms with Gasteiger partial charge in [0.15, 0.2) is 0 Å². The van der Waals surface area contributed by atoms with Crippen molar-refractivity contribution in [2.75, 3.05) is 31.4 Å². The van der Waals surface area contributed by atoms with Gasteiger partial charge in [0.05, 0.1) is 0 Å². The van der Waals surface area contributed by atoms with E-state index >= 15 is 0 Å². The average Bonchev–Trinajstić information content (AvgIpc) is 2.74. The molecule has 156 valence electrons. The lowest BCUT2D eigenvalue weighted by Gasteiger charge is -2.31. The molecule has 0 radical (unpaired) electrons. The van der Waals surface area contributed by atoms with Gasteiger partial charge in [0.2, 0.25) is 0 Å². The molecule has 1 aliphatic carbocycles. The first-order valence-electron chi connectivity index (χ1n) is 10.5. The molecule has 2 N–H and O–H groups in total. The summed E-state index contributed by atoms with van der Waals surface area (Å²) in [5.41, 5.74) is 3.04. The number of urea groups is 1. The second-order valence-electron chi connectivity index (χ2n) is 8.09. The van der Waals surface area contributed by atoms with Gasteiger partial charge in [-0.05, 0) is 49.2 Å². The molecule has 1 aromatic carbocycles. The lowest BCUT2D eigenvalue weighted by molar-refractivity contribution is 0.185. The molecule has 6 nitrogen and oxygen atoms in total. The number of nitrogens with zero attached hydrogens (tertiary/aromatic N) is 3. The quantitative estimate of drug-likeness (QED) is 0.736. The van der Waals surface area contributed by atoms with Crippen molar-refractivity contribution in [2.24, 2.45) is 0 Å². The number of hydrogen-bond donors (Lipinski definition) is 2. The highest BCUT2D eigenvalue weighted by Gasteiger charge is 2.19. The van der Waals surface area contributed by atoms with Gasteiger partial charge in [-0.25, -0.2) is 9.78 Å². The Hall–Kier alpha value is -2.60. The highest BCUT2D eigenvalue weighted by Crippen LogP contribution is 2.24. The number of rotatable bonds is 7. The Kier molecular flexibility index (Phi) is 7.47. The summed E-state index contributed by atoms with van der Waals surface area (Å²) in [7, 11) is 6.10. The Morgan fingerprint density at radius 3 is 2.62 bits per heavy atom. The van der Waals surface area contributed by atoms with E-state index in [2.05, 4.69) is 33.6 Å². The zero-order valence-electron chi connectivity index (χ0n) is 17.8. The van der Waals surface area contributed by atoms with Crippen molar-refractivity contribution in [3.63, 3.8) is 0 Å². The van der Waals surface area contributed by atoms with Crippen molar-refractivity contribution < 1.29 is 4.79 Å². The molecule has 0 saturated heterocycles. The van der Waals surface area contributed by atoms with Crippen molar-refractivity contribution in [3.05, 3.63) is 53.7 Å². The van der Waals surface area contributed by atoms with Crippen LogP contribution >= 0.6 is 0 Å². The molecule has 0 spiro atoms. The number of anilines is 2. The van der Waals surface area contributed by atoms with Crippen molar-refractivity contribution in [3.8, 4) is 0 Å². The van der Waals surface area contributed by atoms with Gasteiger partial charge < -0.3 is 15.5 Å². The zero-order chi connectivity index (χ0) is 20.6. The van der Waals surface area contributed by atoms with E-state index in [9.17, 15) is 4.79 Å². The maximum Gasteiger partial charge on any atom is 0.319 e. The minimum Gasteiger partial charge on any atom is -0.363 e. The van der Waals surface area contributed by atoms with Gasteiger partial charge in [-0.1, -0.05) is 37.5 Å². The normalized spacial score (nSPS) is 14.6. The van der Waals surface area contributed by atoms with E-state index in [1.54, 1.807) is 6.20 Å². The second kappa shape index (κ2) is 10.3. The number of carbonyl (C=O) groups is 1. The number of para-hydroxylation sites is 1. The molecule has 1 saturated carbocycles. The van der Waals surface area contributed by atoms with Crippen LogP contribution in [0.4, 0.5) is 16.3 Å². The summed E-state index contributed by atoms with van der Waals surface area (Å²) in [6.07, 6.45) is 8.31. The molecule has 2 aromatic rings. The van der Waals surface area contributed by atoms with E-state index in [0.29, 0.717) is 12.6 Å². The summed E-state index contributed by atoms with van der Waals surface area (Å²) < 4.78 is 0. The molecular weight excluding hydrogens is 362 g/mol. The summed E-state index contributed by atoms with van der Waals surface area (Å²) in [6.45, 7) is 1.30. The predicted molar refractivity (Wildman–Crippen MR) is 119 cm³/mol. The monoisotopic (exact) mass is 395 g/mol. The Bertz CT molecular complexity index is 801. The minimum atomic E-state index is -0.194. The van der Waals surface area contributed by atoms with Crippen LogP contribution in [0, 0.1) is 0 Å². The number of aromatic nitrogens is 1. The number of hydrogen-bond acceptors (Lipinski definition) is 4. The smallest absolute Gasteiger partial charge is 0.319 e. The molecule has 1 aromatic heterocycles. The SMILES string of the molecule is CN(C)c1cc(CNC(=O)Nc2ccccc2CN(C)C2CCCCC2)ccn1. The van der Waals surface area contributed by atoms with E-state index in [0.717, 1.165) is 29.2 Å². The van der Waals surface area contributed by atoms with Crippen molar-refractivity contribution in [1.82, 2.24) is 15.2 Å². The fourth-order valence-electron chi connectivity index (χ4n) is 3.86. The van der Waals surface area contributed by atoms with Gasteiger partial charge in [-0.15, -0.1) is 0 Å². The molecular formula is C23H33N5O. The van der Waals surface area contributed by atoms with Crippen LogP contribution in [0.3, 0.4) is 0 Å². The maximum absolute atomic E-state index is 12.5. The van der Waals surface area contributed by atoms with E-state index in [-0.39, 0.29) is 6.03 Å². The standard InChI is InChI=1S/C23H33N5O/c1-27(2)22-15-18(13-14-24-22)16-25-23(29)26-21-12-8-7-9-19(21)17-28(3)20-10-5-4-6-11-20/h7-9,12-15,20H,4-6,10-11,16-17H2,1-3H3,(H2,25,26,29). The third kappa shape index (κ3) is 6.19. The summed E-state index contributed by atoms with van der Waals surface area (Å²) >= 11 is 0. The van der Waals surface area contributed by atoms with Gasteiger partial charge >= 0.3 is 6.03 Å². The van der Waals surface area contributed by atoms with E-state index in [1.165, 1.54) is 32.1 Å². The van der Waals surface area contributed by atoms with Crippen LogP contribution in [0.2, 0.25) is 0 Å². The number of amides is 2. The van der Waals surface area contributed by atoms with E-state index < -0.39 is 0 Å². The van der Waals surface area contributed by atoms with E-state index in [4.69, 9.17) is 0 Å². The Morgan fingerprint density at radius 2 is 1.86 bits per heavy atom. The zero-order valence-corrected chi connectivity index (χ0v) is 17.8. The first-order chi connectivity index (χ1) is 14.0. The summed E-state index contributed by atoms with van der Waals surface area (Å²) in [5, 5.41) is 5.97. The summed E-state index contributed by atoms with van der Waals surface area (Å²) in [4.78, 5) is 21.2. The third-order valence-electron chi connectivity index (χ3n) is 5.60. The van der Waals surface area contributed by atoms with Crippen LogP contribution in [-0.2, 0) is 13.1 Å². The first kappa shape index (κ1) is 21.1. The van der Waals surface area contributed by atoms with Crippen LogP contribution < -0.4 is 15.5 Å². The Balaban J connectivity index is 1.57. The number of pyridine rings is 1. The van der Waals surface area contributed by atoms with Crippen LogP contribution in [0.5, 0.6) is 0 Å². The van der Waals surface area contributed by atoms with Crippen molar-refractivity contribution in [1.29, 1.82) is 0 Å². The van der Waals surface area contributed by atoms with Crippen LogP contribution in [0.15, 0.2) is 42.6 Å². The summed E-state index contributed by atoms with van der Waals surface area (Å²) in [5.74, 6) is 0.876. The molecule has 6 heteroatoms. The fraction of sp³-hybridized carbons (Fsp3) is 0.478. The topological polar surface area (TPSA) is 60.5 Å². The highest BCUT2D eigenvalue weighted by atomic mass is 16.2. The van der Waals surface area contributed by atoms with Crippen LogP contribution in [-0.4, -0.2) is 43.1 Å². The molecule has 0 atom stereocenters. The Labute approximate surface area is 174 Å². The molecule has 0 aliphatic heterocycles. The molecule has 1 fully saturated rings. The lowest BCUT2D eigenvalue weighted by Crippen LogP contribution is -2.33. The number of nitrogens with one attached hydrogen (secondary N) is 2. The molecule has 3 rings (SSSR count). The highest BCUT2D eigenvalue weighted by molar-refractivity contribution is 5.90. The third-order valence-corrected chi connectivity index (χ3v) is 5.60. The molecule has 29 heavy (non-hydrogen) atoms. The predicted octanol–water partition coefficient (Wildman–Crippen LogP) is 4.23. The second-order valence-corrected chi connectivity index (χ2v) is 8.09. The maximum atomic E-state index is 12.5. The van der Waals surface area contributed by atoms with Crippen LogP contribution in [0.25, 0.3) is 0 Å². The average molecular weight is 396 g/mol. The first-order valence-corrected chi connectivity index (χ1v) is 10.5. The molecule has 1 aliphatic rings.